The fourth-order valence-electron chi connectivity index (χ4n) is 1.68. The van der Waals surface area contributed by atoms with Crippen molar-refractivity contribution in [3.63, 3.8) is 0 Å². The molecule has 0 bridgehead atoms. The topological polar surface area (TPSA) is 64.8 Å². The van der Waals surface area contributed by atoms with Gasteiger partial charge in [0.25, 0.3) is 0 Å². The molecule has 0 spiro atoms. The largest absolute Gasteiger partial charge is 0.486 e. The van der Waals surface area contributed by atoms with Gasteiger partial charge in [-0.3, -0.25) is 4.79 Å². The molecule has 0 aromatic heterocycles. The van der Waals surface area contributed by atoms with Crippen LogP contribution in [0.2, 0.25) is 0 Å². The fourth-order valence-corrected chi connectivity index (χ4v) is 1.68. The molecule has 0 unspecified atom stereocenters. The molecule has 0 saturated carbocycles. The van der Waals surface area contributed by atoms with Crippen LogP contribution in [0.3, 0.4) is 0 Å². The lowest BCUT2D eigenvalue weighted by atomic mass is 10.2. The lowest BCUT2D eigenvalue weighted by Gasteiger charge is -2.22. The summed E-state index contributed by atoms with van der Waals surface area (Å²) < 4.78 is 10.9. The number of hydrogen-bond acceptors (Lipinski definition) is 4. The average Bonchev–Trinajstić information content (AvgIpc) is 2.37. The van der Waals surface area contributed by atoms with Crippen LogP contribution in [-0.4, -0.2) is 32.7 Å². The van der Waals surface area contributed by atoms with Crippen LogP contribution in [0.4, 0.5) is 5.69 Å². The van der Waals surface area contributed by atoms with Gasteiger partial charge >= 0.3 is 0 Å². The predicted molar refractivity (Wildman–Crippen MR) is 64.5 cm³/mol. The normalized spacial score (nSPS) is 13.3. The Morgan fingerprint density at radius 3 is 2.76 bits per heavy atom. The van der Waals surface area contributed by atoms with Crippen LogP contribution in [0.25, 0.3) is 0 Å². The molecule has 1 amide bonds. The van der Waals surface area contributed by atoms with Gasteiger partial charge in [-0.1, -0.05) is 0 Å². The van der Waals surface area contributed by atoms with E-state index in [4.69, 9.17) is 15.2 Å². The van der Waals surface area contributed by atoms with Gasteiger partial charge < -0.3 is 20.1 Å². The standard InChI is InChI=1S/C12H16N2O3/c1-14(12(15)4-5-13)9-2-3-10-11(8-9)17-7-6-16-10/h2-3,8H,4-7,13H2,1H3. The molecule has 5 nitrogen and oxygen atoms in total. The summed E-state index contributed by atoms with van der Waals surface area (Å²) in [6, 6.07) is 5.46. The first-order chi connectivity index (χ1) is 8.22. The predicted octanol–water partition coefficient (Wildman–Crippen LogP) is 0.769. The van der Waals surface area contributed by atoms with Crippen molar-refractivity contribution in [1.82, 2.24) is 0 Å². The average molecular weight is 236 g/mol. The third kappa shape index (κ3) is 2.50. The third-order valence-corrected chi connectivity index (χ3v) is 2.65. The number of fused-ring (bicyclic) bond motifs is 1. The van der Waals surface area contributed by atoms with Crippen molar-refractivity contribution in [2.45, 2.75) is 6.42 Å². The Bertz CT molecular complexity index is 420. The Morgan fingerprint density at radius 2 is 2.06 bits per heavy atom. The Morgan fingerprint density at radius 1 is 1.35 bits per heavy atom. The molecule has 5 heteroatoms. The van der Waals surface area contributed by atoms with Crippen molar-refractivity contribution < 1.29 is 14.3 Å². The van der Waals surface area contributed by atoms with Crippen LogP contribution < -0.4 is 20.1 Å². The molecule has 1 aliphatic heterocycles. The number of hydrogen-bond donors (Lipinski definition) is 1. The van der Waals surface area contributed by atoms with E-state index in [1.54, 1.807) is 11.9 Å². The number of nitrogens with zero attached hydrogens (tertiary/aromatic N) is 1. The SMILES string of the molecule is CN(C(=O)CCN)c1ccc2c(c1)OCCO2. The van der Waals surface area contributed by atoms with Crippen LogP contribution in [0, 0.1) is 0 Å². The molecule has 92 valence electrons. The van der Waals surface area contributed by atoms with Gasteiger partial charge in [0.2, 0.25) is 5.91 Å². The number of benzene rings is 1. The van der Waals surface area contributed by atoms with Crippen molar-refractivity contribution in [2.24, 2.45) is 5.73 Å². The summed E-state index contributed by atoms with van der Waals surface area (Å²) in [4.78, 5) is 13.3. The van der Waals surface area contributed by atoms with Gasteiger partial charge in [0, 0.05) is 31.8 Å². The maximum Gasteiger partial charge on any atom is 0.227 e. The zero-order chi connectivity index (χ0) is 12.3. The van der Waals surface area contributed by atoms with Crippen molar-refractivity contribution in [3.8, 4) is 11.5 Å². The highest BCUT2D eigenvalue weighted by Crippen LogP contribution is 2.33. The van der Waals surface area contributed by atoms with Crippen molar-refractivity contribution in [1.29, 1.82) is 0 Å². The summed E-state index contributed by atoms with van der Waals surface area (Å²) in [5.41, 5.74) is 6.15. The first-order valence-electron chi connectivity index (χ1n) is 5.58. The van der Waals surface area contributed by atoms with Gasteiger partial charge in [0.15, 0.2) is 11.5 Å². The minimum atomic E-state index is -0.0100. The molecule has 2 N–H and O–H groups in total. The van der Waals surface area contributed by atoms with Crippen molar-refractivity contribution in [2.75, 3.05) is 31.7 Å². The highest BCUT2D eigenvalue weighted by molar-refractivity contribution is 5.93. The number of carbonyl (C=O) groups is 1. The number of amides is 1. The Hall–Kier alpha value is -1.75. The van der Waals surface area contributed by atoms with Crippen molar-refractivity contribution >= 4 is 11.6 Å². The van der Waals surface area contributed by atoms with Crippen LogP contribution in [0.1, 0.15) is 6.42 Å². The highest BCUT2D eigenvalue weighted by atomic mass is 16.6. The second-order valence-corrected chi connectivity index (χ2v) is 3.82. The van der Waals surface area contributed by atoms with Crippen LogP contribution in [-0.2, 0) is 4.79 Å². The van der Waals surface area contributed by atoms with Gasteiger partial charge in [0.05, 0.1) is 0 Å². The van der Waals surface area contributed by atoms with Gasteiger partial charge in [0.1, 0.15) is 13.2 Å². The van der Waals surface area contributed by atoms with E-state index in [9.17, 15) is 4.79 Å². The minimum Gasteiger partial charge on any atom is -0.486 e. The summed E-state index contributed by atoms with van der Waals surface area (Å²) in [6.45, 7) is 1.46. The van der Waals surface area contributed by atoms with Crippen LogP contribution >= 0.6 is 0 Å². The Labute approximate surface area is 100 Å². The fraction of sp³-hybridized carbons (Fsp3) is 0.417. The Kier molecular flexibility index (Phi) is 3.49. The maximum absolute atomic E-state index is 11.7. The summed E-state index contributed by atoms with van der Waals surface area (Å²) in [6.07, 6.45) is 0.338. The summed E-state index contributed by atoms with van der Waals surface area (Å²) in [7, 11) is 1.73. The molecule has 0 atom stereocenters. The molecule has 1 aromatic rings. The van der Waals surface area contributed by atoms with Gasteiger partial charge in [-0.25, -0.2) is 0 Å². The van der Waals surface area contributed by atoms with E-state index in [1.165, 1.54) is 0 Å². The van der Waals surface area contributed by atoms with E-state index in [1.807, 2.05) is 18.2 Å². The maximum atomic E-state index is 11.7. The number of rotatable bonds is 3. The lowest BCUT2D eigenvalue weighted by Crippen LogP contribution is -2.28. The quantitative estimate of drug-likeness (QED) is 0.842. The van der Waals surface area contributed by atoms with E-state index in [2.05, 4.69) is 0 Å². The minimum absolute atomic E-state index is 0.0100. The number of nitrogens with two attached hydrogens (primary N) is 1. The van der Waals surface area contributed by atoms with Crippen LogP contribution in [0.5, 0.6) is 11.5 Å². The second-order valence-electron chi connectivity index (χ2n) is 3.82. The third-order valence-electron chi connectivity index (χ3n) is 2.65. The Balaban J connectivity index is 2.18. The number of carbonyl (C=O) groups excluding carboxylic acids is 1. The summed E-state index contributed by atoms with van der Waals surface area (Å²) in [5.74, 6) is 1.39. The molecule has 0 aliphatic carbocycles. The summed E-state index contributed by atoms with van der Waals surface area (Å²) in [5, 5.41) is 0. The molecule has 0 fully saturated rings. The molecule has 0 saturated heterocycles. The smallest absolute Gasteiger partial charge is 0.227 e. The molecule has 1 heterocycles. The molecule has 0 radical (unpaired) electrons. The molecule has 2 rings (SSSR count). The zero-order valence-corrected chi connectivity index (χ0v) is 9.81. The molecular formula is C12H16N2O3. The van der Waals surface area contributed by atoms with E-state index < -0.39 is 0 Å². The molecular weight excluding hydrogens is 220 g/mol. The lowest BCUT2D eigenvalue weighted by molar-refractivity contribution is -0.118. The van der Waals surface area contributed by atoms with E-state index in [0.29, 0.717) is 31.9 Å². The number of anilines is 1. The molecule has 1 aromatic carbocycles. The van der Waals surface area contributed by atoms with E-state index >= 15 is 0 Å². The van der Waals surface area contributed by atoms with Gasteiger partial charge in [-0.15, -0.1) is 0 Å². The monoisotopic (exact) mass is 236 g/mol. The second kappa shape index (κ2) is 5.05. The van der Waals surface area contributed by atoms with Crippen molar-refractivity contribution in [3.05, 3.63) is 18.2 Å². The molecule has 17 heavy (non-hydrogen) atoms. The van der Waals surface area contributed by atoms with Crippen LogP contribution in [0.15, 0.2) is 18.2 Å². The first kappa shape index (κ1) is 11.7. The zero-order valence-electron chi connectivity index (χ0n) is 9.81. The molecule has 1 aliphatic rings. The number of ether oxygens (including phenoxy) is 2. The van der Waals surface area contributed by atoms with Gasteiger partial charge in [-0.2, -0.15) is 0 Å². The van der Waals surface area contributed by atoms with Gasteiger partial charge in [-0.05, 0) is 12.1 Å². The first-order valence-corrected chi connectivity index (χ1v) is 5.58. The highest BCUT2D eigenvalue weighted by Gasteiger charge is 2.15. The van der Waals surface area contributed by atoms with E-state index in [0.717, 1.165) is 11.4 Å². The summed E-state index contributed by atoms with van der Waals surface area (Å²) >= 11 is 0. The van der Waals surface area contributed by atoms with E-state index in [-0.39, 0.29) is 5.91 Å².